The highest BCUT2D eigenvalue weighted by Crippen LogP contribution is 2.43. The molecule has 1 atom stereocenters. The van der Waals surface area contributed by atoms with E-state index in [0.717, 1.165) is 5.56 Å². The number of carbonyl (C=O) groups is 1. The minimum Gasteiger partial charge on any atom is -0.493 e. The Kier molecular flexibility index (Phi) is 5.43. The van der Waals surface area contributed by atoms with Crippen molar-refractivity contribution >= 4 is 5.91 Å². The Labute approximate surface area is 125 Å². The molecule has 0 radical (unpaired) electrons. The number of hydrogen-bond acceptors (Lipinski definition) is 5. The molecule has 6 heteroatoms. The molecule has 1 aromatic rings. The molecule has 0 bridgehead atoms. The number of benzene rings is 1. The van der Waals surface area contributed by atoms with E-state index in [1.54, 1.807) is 27.0 Å². The van der Waals surface area contributed by atoms with E-state index in [4.69, 9.17) is 25.7 Å². The predicted octanol–water partition coefficient (Wildman–Crippen LogP) is 1.61. The van der Waals surface area contributed by atoms with Crippen LogP contribution in [-0.4, -0.2) is 27.2 Å². The third-order valence-electron chi connectivity index (χ3n) is 3.53. The van der Waals surface area contributed by atoms with Gasteiger partial charge in [-0.25, -0.2) is 0 Å². The first kappa shape index (κ1) is 17.1. The SMILES string of the molecule is COc1ccc(C(N)CC(C)(C)C(N)=O)c(OC)c1OC. The molecule has 1 amide bonds. The van der Waals surface area contributed by atoms with Crippen molar-refractivity contribution in [2.45, 2.75) is 26.3 Å². The van der Waals surface area contributed by atoms with E-state index < -0.39 is 17.4 Å². The van der Waals surface area contributed by atoms with Crippen LogP contribution in [-0.2, 0) is 4.79 Å². The first-order valence-corrected chi connectivity index (χ1v) is 6.62. The van der Waals surface area contributed by atoms with Gasteiger partial charge in [-0.2, -0.15) is 0 Å². The smallest absolute Gasteiger partial charge is 0.223 e. The van der Waals surface area contributed by atoms with E-state index in [1.165, 1.54) is 14.2 Å². The van der Waals surface area contributed by atoms with Crippen molar-refractivity contribution in [2.24, 2.45) is 16.9 Å². The van der Waals surface area contributed by atoms with Crippen LogP contribution in [0.25, 0.3) is 0 Å². The molecule has 1 aromatic carbocycles. The highest BCUT2D eigenvalue weighted by molar-refractivity contribution is 5.80. The lowest BCUT2D eigenvalue weighted by Gasteiger charge is -2.26. The van der Waals surface area contributed by atoms with Gasteiger partial charge in [-0.05, 0) is 18.6 Å². The number of primary amides is 1. The number of hydrogen-bond donors (Lipinski definition) is 2. The number of rotatable bonds is 7. The van der Waals surface area contributed by atoms with Gasteiger partial charge in [-0.3, -0.25) is 4.79 Å². The van der Waals surface area contributed by atoms with Gasteiger partial charge in [0.25, 0.3) is 0 Å². The summed E-state index contributed by atoms with van der Waals surface area (Å²) in [6.45, 7) is 3.53. The summed E-state index contributed by atoms with van der Waals surface area (Å²) >= 11 is 0. The lowest BCUT2D eigenvalue weighted by molar-refractivity contribution is -0.126. The molecule has 0 aromatic heterocycles. The molecule has 4 N–H and O–H groups in total. The van der Waals surface area contributed by atoms with Crippen LogP contribution in [0, 0.1) is 5.41 Å². The number of carbonyl (C=O) groups excluding carboxylic acids is 1. The first-order chi connectivity index (χ1) is 9.78. The van der Waals surface area contributed by atoms with Gasteiger partial charge < -0.3 is 25.7 Å². The van der Waals surface area contributed by atoms with E-state index in [2.05, 4.69) is 0 Å². The summed E-state index contributed by atoms with van der Waals surface area (Å²) in [7, 11) is 4.61. The molecule has 6 nitrogen and oxygen atoms in total. The van der Waals surface area contributed by atoms with Gasteiger partial charge in [0.1, 0.15) is 0 Å². The largest absolute Gasteiger partial charge is 0.493 e. The van der Waals surface area contributed by atoms with Crippen LogP contribution < -0.4 is 25.7 Å². The van der Waals surface area contributed by atoms with Crippen LogP contribution in [0.2, 0.25) is 0 Å². The molecule has 1 rings (SSSR count). The molecule has 0 saturated heterocycles. The topological polar surface area (TPSA) is 96.8 Å². The quantitative estimate of drug-likeness (QED) is 0.797. The number of methoxy groups -OCH3 is 3. The zero-order valence-electron chi connectivity index (χ0n) is 13.2. The second kappa shape index (κ2) is 6.67. The number of amides is 1. The van der Waals surface area contributed by atoms with Crippen molar-refractivity contribution in [1.82, 2.24) is 0 Å². The van der Waals surface area contributed by atoms with E-state index in [-0.39, 0.29) is 0 Å². The van der Waals surface area contributed by atoms with Crippen molar-refractivity contribution in [3.63, 3.8) is 0 Å². The molecule has 0 aliphatic rings. The Morgan fingerprint density at radius 3 is 2.14 bits per heavy atom. The van der Waals surface area contributed by atoms with Gasteiger partial charge in [0, 0.05) is 17.0 Å². The molecule has 0 aliphatic heterocycles. The van der Waals surface area contributed by atoms with E-state index in [9.17, 15) is 4.79 Å². The highest BCUT2D eigenvalue weighted by Gasteiger charge is 2.30. The summed E-state index contributed by atoms with van der Waals surface area (Å²) in [6.07, 6.45) is 0.397. The predicted molar refractivity (Wildman–Crippen MR) is 80.6 cm³/mol. The summed E-state index contributed by atoms with van der Waals surface area (Å²) < 4.78 is 16.0. The normalized spacial score (nSPS) is 12.7. The Morgan fingerprint density at radius 2 is 1.71 bits per heavy atom. The van der Waals surface area contributed by atoms with Gasteiger partial charge in [-0.15, -0.1) is 0 Å². The molecule has 0 fully saturated rings. The van der Waals surface area contributed by atoms with Gasteiger partial charge >= 0.3 is 0 Å². The zero-order valence-corrected chi connectivity index (χ0v) is 13.2. The molecule has 0 saturated carbocycles. The maximum atomic E-state index is 11.5. The van der Waals surface area contributed by atoms with Crippen LogP contribution in [0.1, 0.15) is 31.9 Å². The summed E-state index contributed by atoms with van der Waals surface area (Å²) in [5.41, 5.74) is 11.7. The zero-order chi connectivity index (χ0) is 16.2. The van der Waals surface area contributed by atoms with Gasteiger partial charge in [0.2, 0.25) is 11.7 Å². The lowest BCUT2D eigenvalue weighted by atomic mass is 9.83. The molecule has 0 aliphatic carbocycles. The average molecular weight is 296 g/mol. The van der Waals surface area contributed by atoms with Crippen molar-refractivity contribution in [3.8, 4) is 17.2 Å². The van der Waals surface area contributed by atoms with Crippen molar-refractivity contribution in [2.75, 3.05) is 21.3 Å². The Hall–Kier alpha value is -1.95. The molecule has 118 valence electrons. The van der Waals surface area contributed by atoms with Crippen molar-refractivity contribution in [1.29, 1.82) is 0 Å². The fourth-order valence-corrected chi connectivity index (χ4v) is 2.18. The first-order valence-electron chi connectivity index (χ1n) is 6.62. The summed E-state index contributed by atoms with van der Waals surface area (Å²) in [4.78, 5) is 11.5. The Morgan fingerprint density at radius 1 is 1.14 bits per heavy atom. The van der Waals surface area contributed by atoms with E-state index in [1.807, 2.05) is 6.07 Å². The minimum atomic E-state index is -0.711. The van der Waals surface area contributed by atoms with E-state index >= 15 is 0 Å². The lowest BCUT2D eigenvalue weighted by Crippen LogP contribution is -2.34. The van der Waals surface area contributed by atoms with E-state index in [0.29, 0.717) is 23.7 Å². The Bertz CT molecular complexity index is 515. The average Bonchev–Trinajstić information content (AvgIpc) is 2.44. The molecule has 0 heterocycles. The summed E-state index contributed by atoms with van der Waals surface area (Å²) in [6, 6.07) is 3.15. The fourth-order valence-electron chi connectivity index (χ4n) is 2.18. The molecular formula is C15H24N2O4. The molecule has 0 spiro atoms. The van der Waals surface area contributed by atoms with Crippen LogP contribution in [0.4, 0.5) is 0 Å². The summed E-state index contributed by atoms with van der Waals surface area (Å²) in [5, 5.41) is 0. The maximum Gasteiger partial charge on any atom is 0.223 e. The minimum absolute atomic E-state index is 0.391. The van der Waals surface area contributed by atoms with Crippen molar-refractivity contribution in [3.05, 3.63) is 17.7 Å². The van der Waals surface area contributed by atoms with Gasteiger partial charge in [0.05, 0.1) is 21.3 Å². The summed E-state index contributed by atoms with van der Waals surface area (Å²) in [5.74, 6) is 1.14. The van der Waals surface area contributed by atoms with Crippen molar-refractivity contribution < 1.29 is 19.0 Å². The third kappa shape index (κ3) is 3.58. The fraction of sp³-hybridized carbons (Fsp3) is 0.533. The monoisotopic (exact) mass is 296 g/mol. The van der Waals surface area contributed by atoms with Crippen LogP contribution in [0.5, 0.6) is 17.2 Å². The molecule has 1 unspecified atom stereocenters. The second-order valence-corrected chi connectivity index (χ2v) is 5.48. The standard InChI is InChI=1S/C15H24N2O4/c1-15(2,14(17)18)8-10(16)9-6-7-11(19-3)13(21-5)12(9)20-4/h6-7,10H,8,16H2,1-5H3,(H2,17,18). The third-order valence-corrected chi connectivity index (χ3v) is 3.53. The maximum absolute atomic E-state index is 11.5. The van der Waals surface area contributed by atoms with Crippen LogP contribution in [0.15, 0.2) is 12.1 Å². The highest BCUT2D eigenvalue weighted by atomic mass is 16.5. The van der Waals surface area contributed by atoms with Crippen LogP contribution in [0.3, 0.4) is 0 Å². The van der Waals surface area contributed by atoms with Crippen LogP contribution >= 0.6 is 0 Å². The number of ether oxygens (including phenoxy) is 3. The Balaban J connectivity index is 3.21. The van der Waals surface area contributed by atoms with Gasteiger partial charge in [0.15, 0.2) is 11.5 Å². The number of nitrogens with two attached hydrogens (primary N) is 2. The second-order valence-electron chi connectivity index (χ2n) is 5.48. The molecule has 21 heavy (non-hydrogen) atoms. The van der Waals surface area contributed by atoms with Gasteiger partial charge in [-0.1, -0.05) is 13.8 Å². The molecular weight excluding hydrogens is 272 g/mol.